The number of nitrogens with zero attached hydrogens (tertiary/aromatic N) is 2. The van der Waals surface area contributed by atoms with Crippen LogP contribution in [0.25, 0.3) is 0 Å². The molecule has 2 rings (SSSR count). The van der Waals surface area contributed by atoms with Crippen molar-refractivity contribution in [2.45, 2.75) is 25.8 Å². The number of aromatic nitrogens is 2. The van der Waals surface area contributed by atoms with Crippen molar-refractivity contribution >= 4 is 0 Å². The number of rotatable bonds is 3. The predicted octanol–water partition coefficient (Wildman–Crippen LogP) is 1.93. The molecular formula is C12H14FN3O. The predicted molar refractivity (Wildman–Crippen MR) is 60.7 cm³/mol. The van der Waals surface area contributed by atoms with Gasteiger partial charge in [-0.2, -0.15) is 4.98 Å². The molecule has 17 heavy (non-hydrogen) atoms. The summed E-state index contributed by atoms with van der Waals surface area (Å²) in [6, 6.07) is 6.22. The van der Waals surface area contributed by atoms with E-state index in [1.165, 1.54) is 12.1 Å². The second-order valence-electron chi connectivity index (χ2n) is 4.36. The van der Waals surface area contributed by atoms with Crippen LogP contribution >= 0.6 is 0 Å². The summed E-state index contributed by atoms with van der Waals surface area (Å²) in [6.45, 7) is 3.53. The standard InChI is InChI=1S/C12H14FN3O/c1-8-15-11(16-17-8)12(2,14)7-9-3-5-10(13)6-4-9/h3-6H,7,14H2,1-2H3. The SMILES string of the molecule is Cc1nc(C(C)(N)Cc2ccc(F)cc2)no1. The van der Waals surface area contributed by atoms with E-state index in [1.807, 2.05) is 6.92 Å². The molecule has 4 nitrogen and oxygen atoms in total. The van der Waals surface area contributed by atoms with E-state index in [0.717, 1.165) is 5.56 Å². The Hall–Kier alpha value is -1.75. The summed E-state index contributed by atoms with van der Waals surface area (Å²) in [6.07, 6.45) is 0.520. The lowest BCUT2D eigenvalue weighted by atomic mass is 9.93. The minimum Gasteiger partial charge on any atom is -0.340 e. The van der Waals surface area contributed by atoms with Gasteiger partial charge in [-0.05, 0) is 31.0 Å². The first-order chi connectivity index (χ1) is 7.97. The van der Waals surface area contributed by atoms with Crippen molar-refractivity contribution in [1.82, 2.24) is 10.1 Å². The van der Waals surface area contributed by atoms with Crippen molar-refractivity contribution in [3.63, 3.8) is 0 Å². The van der Waals surface area contributed by atoms with Crippen molar-refractivity contribution in [3.05, 3.63) is 47.4 Å². The third-order valence-corrected chi connectivity index (χ3v) is 2.52. The molecular weight excluding hydrogens is 221 g/mol. The van der Waals surface area contributed by atoms with Gasteiger partial charge in [-0.25, -0.2) is 4.39 Å². The largest absolute Gasteiger partial charge is 0.340 e. The lowest BCUT2D eigenvalue weighted by Gasteiger charge is -2.20. The Kier molecular flexibility index (Phi) is 2.93. The van der Waals surface area contributed by atoms with Crippen LogP contribution in [0.4, 0.5) is 4.39 Å². The summed E-state index contributed by atoms with van der Waals surface area (Å²) in [5, 5.41) is 3.82. The van der Waals surface area contributed by atoms with E-state index in [-0.39, 0.29) is 5.82 Å². The van der Waals surface area contributed by atoms with E-state index in [0.29, 0.717) is 18.1 Å². The second kappa shape index (κ2) is 4.25. The maximum Gasteiger partial charge on any atom is 0.223 e. The summed E-state index contributed by atoms with van der Waals surface area (Å²) in [7, 11) is 0. The zero-order valence-electron chi connectivity index (χ0n) is 9.77. The monoisotopic (exact) mass is 235 g/mol. The van der Waals surface area contributed by atoms with Crippen LogP contribution < -0.4 is 5.73 Å². The lowest BCUT2D eigenvalue weighted by molar-refractivity contribution is 0.363. The number of hydrogen-bond donors (Lipinski definition) is 1. The molecule has 0 bridgehead atoms. The van der Waals surface area contributed by atoms with Crippen LogP contribution in [0.5, 0.6) is 0 Å². The molecule has 0 fully saturated rings. The molecule has 1 unspecified atom stereocenters. The fourth-order valence-corrected chi connectivity index (χ4v) is 1.64. The Morgan fingerprint density at radius 1 is 1.35 bits per heavy atom. The minimum atomic E-state index is -0.727. The van der Waals surface area contributed by atoms with E-state index >= 15 is 0 Å². The number of halogens is 1. The molecule has 1 aromatic heterocycles. The van der Waals surface area contributed by atoms with Crippen molar-refractivity contribution in [2.24, 2.45) is 5.73 Å². The van der Waals surface area contributed by atoms with Gasteiger partial charge in [-0.1, -0.05) is 17.3 Å². The van der Waals surface area contributed by atoms with Gasteiger partial charge < -0.3 is 10.3 Å². The van der Waals surface area contributed by atoms with E-state index < -0.39 is 5.54 Å². The average molecular weight is 235 g/mol. The van der Waals surface area contributed by atoms with E-state index in [2.05, 4.69) is 10.1 Å². The first-order valence-electron chi connectivity index (χ1n) is 5.31. The van der Waals surface area contributed by atoms with Gasteiger partial charge in [-0.3, -0.25) is 0 Å². The van der Waals surface area contributed by atoms with Crippen molar-refractivity contribution in [3.8, 4) is 0 Å². The lowest BCUT2D eigenvalue weighted by Crippen LogP contribution is -2.36. The smallest absolute Gasteiger partial charge is 0.223 e. The second-order valence-corrected chi connectivity index (χ2v) is 4.36. The summed E-state index contributed by atoms with van der Waals surface area (Å²) in [5.74, 6) is 0.679. The summed E-state index contributed by atoms with van der Waals surface area (Å²) in [5.41, 5.74) is 6.35. The molecule has 5 heteroatoms. The Bertz CT molecular complexity index is 505. The molecule has 0 radical (unpaired) electrons. The van der Waals surface area contributed by atoms with Crippen molar-refractivity contribution in [1.29, 1.82) is 0 Å². The van der Waals surface area contributed by atoms with Gasteiger partial charge in [0.05, 0.1) is 5.54 Å². The highest BCUT2D eigenvalue weighted by Gasteiger charge is 2.27. The Morgan fingerprint density at radius 2 is 2.00 bits per heavy atom. The summed E-state index contributed by atoms with van der Waals surface area (Å²) >= 11 is 0. The first-order valence-corrected chi connectivity index (χ1v) is 5.31. The summed E-state index contributed by atoms with van der Waals surface area (Å²) < 4.78 is 17.7. The molecule has 2 N–H and O–H groups in total. The van der Waals surface area contributed by atoms with Crippen LogP contribution in [0.3, 0.4) is 0 Å². The number of benzene rings is 1. The molecule has 0 amide bonds. The molecule has 0 spiro atoms. The highest BCUT2D eigenvalue weighted by Crippen LogP contribution is 2.20. The maximum absolute atomic E-state index is 12.8. The van der Waals surface area contributed by atoms with Gasteiger partial charge >= 0.3 is 0 Å². The fraction of sp³-hybridized carbons (Fsp3) is 0.333. The Balaban J connectivity index is 2.19. The number of nitrogens with two attached hydrogens (primary N) is 1. The highest BCUT2D eigenvalue weighted by atomic mass is 19.1. The molecule has 0 saturated carbocycles. The van der Waals surface area contributed by atoms with Crippen molar-refractivity contribution < 1.29 is 8.91 Å². The summed E-state index contributed by atoms with van der Waals surface area (Å²) in [4.78, 5) is 4.12. The zero-order valence-corrected chi connectivity index (χ0v) is 9.77. The number of aryl methyl sites for hydroxylation is 1. The zero-order chi connectivity index (χ0) is 12.5. The van der Waals surface area contributed by atoms with Gasteiger partial charge in [0, 0.05) is 6.92 Å². The van der Waals surface area contributed by atoms with Gasteiger partial charge in [0.1, 0.15) is 5.82 Å². The third kappa shape index (κ3) is 2.68. The van der Waals surface area contributed by atoms with Gasteiger partial charge in [-0.15, -0.1) is 0 Å². The van der Waals surface area contributed by atoms with E-state index in [1.54, 1.807) is 19.1 Å². The van der Waals surface area contributed by atoms with Crippen molar-refractivity contribution in [2.75, 3.05) is 0 Å². The molecule has 90 valence electrons. The highest BCUT2D eigenvalue weighted by molar-refractivity contribution is 5.20. The van der Waals surface area contributed by atoms with Crippen LogP contribution in [0.15, 0.2) is 28.8 Å². The molecule has 1 aromatic carbocycles. The fourth-order valence-electron chi connectivity index (χ4n) is 1.64. The molecule has 2 aromatic rings. The van der Waals surface area contributed by atoms with Crippen LogP contribution in [0, 0.1) is 12.7 Å². The molecule has 0 aliphatic heterocycles. The molecule has 1 atom stereocenters. The van der Waals surface area contributed by atoms with Gasteiger partial charge in [0.2, 0.25) is 5.89 Å². The van der Waals surface area contributed by atoms with Crippen LogP contribution in [0.2, 0.25) is 0 Å². The molecule has 0 aliphatic carbocycles. The van der Waals surface area contributed by atoms with Gasteiger partial charge in [0.15, 0.2) is 5.82 Å². The average Bonchev–Trinajstić information content (AvgIpc) is 2.69. The van der Waals surface area contributed by atoms with Crippen LogP contribution in [-0.4, -0.2) is 10.1 Å². The molecule has 0 saturated heterocycles. The van der Waals surface area contributed by atoms with Crippen LogP contribution in [0.1, 0.15) is 24.2 Å². The Morgan fingerprint density at radius 3 is 2.53 bits per heavy atom. The number of hydrogen-bond acceptors (Lipinski definition) is 4. The maximum atomic E-state index is 12.8. The normalized spacial score (nSPS) is 14.6. The molecule has 0 aliphatic rings. The first kappa shape index (κ1) is 11.7. The van der Waals surface area contributed by atoms with Crippen LogP contribution in [-0.2, 0) is 12.0 Å². The Labute approximate surface area is 98.6 Å². The minimum absolute atomic E-state index is 0.261. The third-order valence-electron chi connectivity index (χ3n) is 2.52. The van der Waals surface area contributed by atoms with E-state index in [9.17, 15) is 4.39 Å². The van der Waals surface area contributed by atoms with E-state index in [4.69, 9.17) is 10.3 Å². The molecule has 1 heterocycles. The topological polar surface area (TPSA) is 64.9 Å². The van der Waals surface area contributed by atoms with Gasteiger partial charge in [0.25, 0.3) is 0 Å². The quantitative estimate of drug-likeness (QED) is 0.882.